The summed E-state index contributed by atoms with van der Waals surface area (Å²) in [5.74, 6) is 2.04. The molecule has 2 saturated carbocycles. The lowest BCUT2D eigenvalue weighted by Gasteiger charge is -2.28. The molecular formula is C15H21N3O2. The van der Waals surface area contributed by atoms with Crippen molar-refractivity contribution in [2.75, 3.05) is 5.32 Å². The summed E-state index contributed by atoms with van der Waals surface area (Å²) in [5, 5.41) is 12.3. The lowest BCUT2D eigenvalue weighted by Crippen LogP contribution is -2.30. The predicted octanol–water partition coefficient (Wildman–Crippen LogP) is 2.72. The number of carbonyl (C=O) groups is 1. The fourth-order valence-electron chi connectivity index (χ4n) is 3.96. The van der Waals surface area contributed by atoms with Gasteiger partial charge in [-0.25, -0.2) is 14.8 Å². The number of aromatic nitrogens is 2. The number of aromatic carboxylic acids is 1. The number of nitrogens with zero attached hydrogens (tertiary/aromatic N) is 2. The zero-order valence-electron chi connectivity index (χ0n) is 12.0. The third-order valence-electron chi connectivity index (χ3n) is 5.00. The largest absolute Gasteiger partial charge is 0.478 e. The maximum Gasteiger partial charge on any atom is 0.339 e. The normalized spacial score (nSPS) is 29.4. The second-order valence-corrected chi connectivity index (χ2v) is 6.27. The molecule has 2 aliphatic rings. The number of anilines is 1. The highest BCUT2D eigenvalue weighted by Crippen LogP contribution is 2.49. The van der Waals surface area contributed by atoms with Crippen LogP contribution in [0.25, 0.3) is 0 Å². The molecule has 0 saturated heterocycles. The van der Waals surface area contributed by atoms with E-state index in [4.69, 9.17) is 5.11 Å². The Morgan fingerprint density at radius 1 is 1.45 bits per heavy atom. The van der Waals surface area contributed by atoms with Gasteiger partial charge in [-0.2, -0.15) is 0 Å². The van der Waals surface area contributed by atoms with Gasteiger partial charge in [-0.1, -0.05) is 6.42 Å². The maximum absolute atomic E-state index is 11.0. The van der Waals surface area contributed by atoms with Crippen LogP contribution in [-0.2, 0) is 0 Å². The Balaban J connectivity index is 1.68. The summed E-state index contributed by atoms with van der Waals surface area (Å²) in [6.45, 7) is 3.90. The molecule has 20 heavy (non-hydrogen) atoms. The van der Waals surface area contributed by atoms with Crippen molar-refractivity contribution >= 4 is 11.9 Å². The van der Waals surface area contributed by atoms with Gasteiger partial charge >= 0.3 is 5.97 Å². The Bertz CT molecular complexity index is 532. The number of carboxylic acid groups (broad SMARTS) is 1. The SMILES string of the molecule is Cc1nc(NC(C)C2CC3CCC2C3)ncc1C(=O)O. The van der Waals surface area contributed by atoms with E-state index in [2.05, 4.69) is 22.2 Å². The van der Waals surface area contributed by atoms with Crippen molar-refractivity contribution in [2.24, 2.45) is 17.8 Å². The van der Waals surface area contributed by atoms with Crippen LogP contribution < -0.4 is 5.32 Å². The van der Waals surface area contributed by atoms with E-state index >= 15 is 0 Å². The van der Waals surface area contributed by atoms with Gasteiger partial charge in [0, 0.05) is 12.2 Å². The van der Waals surface area contributed by atoms with Gasteiger partial charge in [-0.05, 0) is 50.9 Å². The molecule has 3 rings (SSSR count). The highest BCUT2D eigenvalue weighted by Gasteiger charge is 2.41. The summed E-state index contributed by atoms with van der Waals surface area (Å²) < 4.78 is 0. The van der Waals surface area contributed by atoms with E-state index in [9.17, 15) is 4.79 Å². The second kappa shape index (κ2) is 5.04. The van der Waals surface area contributed by atoms with Gasteiger partial charge in [0.2, 0.25) is 5.95 Å². The Kier molecular flexibility index (Phi) is 3.36. The Hall–Kier alpha value is -1.65. The number of nitrogens with one attached hydrogen (secondary N) is 1. The summed E-state index contributed by atoms with van der Waals surface area (Å²) in [5.41, 5.74) is 0.679. The topological polar surface area (TPSA) is 75.1 Å². The minimum atomic E-state index is -0.977. The van der Waals surface area contributed by atoms with Gasteiger partial charge in [-0.3, -0.25) is 0 Å². The molecule has 1 aromatic rings. The molecule has 0 aromatic carbocycles. The summed E-state index contributed by atoms with van der Waals surface area (Å²) in [6, 6.07) is 0.348. The number of carboxylic acids is 1. The van der Waals surface area contributed by atoms with Gasteiger partial charge < -0.3 is 10.4 Å². The van der Waals surface area contributed by atoms with Crippen LogP contribution in [0.4, 0.5) is 5.95 Å². The van der Waals surface area contributed by atoms with Crippen LogP contribution in [0.5, 0.6) is 0 Å². The smallest absolute Gasteiger partial charge is 0.339 e. The first-order valence-corrected chi connectivity index (χ1v) is 7.38. The average molecular weight is 275 g/mol. The van der Waals surface area contributed by atoms with Crippen LogP contribution in [0.2, 0.25) is 0 Å². The second-order valence-electron chi connectivity index (χ2n) is 6.27. The van der Waals surface area contributed by atoms with E-state index in [1.54, 1.807) is 6.92 Å². The number of hydrogen-bond donors (Lipinski definition) is 2. The molecular weight excluding hydrogens is 254 g/mol. The molecule has 0 radical (unpaired) electrons. The lowest BCUT2D eigenvalue weighted by atomic mass is 9.84. The van der Waals surface area contributed by atoms with E-state index < -0.39 is 5.97 Å². The minimum absolute atomic E-state index is 0.170. The molecule has 2 bridgehead atoms. The Labute approximate surface area is 118 Å². The molecule has 2 N–H and O–H groups in total. The molecule has 0 amide bonds. The van der Waals surface area contributed by atoms with E-state index in [-0.39, 0.29) is 5.56 Å². The van der Waals surface area contributed by atoms with Crippen molar-refractivity contribution in [3.8, 4) is 0 Å². The average Bonchev–Trinajstić information content (AvgIpc) is 3.00. The Morgan fingerprint density at radius 2 is 2.25 bits per heavy atom. The molecule has 4 unspecified atom stereocenters. The highest BCUT2D eigenvalue weighted by molar-refractivity contribution is 5.88. The van der Waals surface area contributed by atoms with Crippen molar-refractivity contribution in [3.05, 3.63) is 17.5 Å². The first-order chi connectivity index (χ1) is 9.54. The summed E-state index contributed by atoms with van der Waals surface area (Å²) in [6.07, 6.45) is 6.84. The lowest BCUT2D eigenvalue weighted by molar-refractivity contribution is 0.0695. The van der Waals surface area contributed by atoms with Gasteiger partial charge in [0.15, 0.2) is 0 Å². The van der Waals surface area contributed by atoms with Crippen LogP contribution in [-0.4, -0.2) is 27.1 Å². The van der Waals surface area contributed by atoms with Gasteiger partial charge in [0.1, 0.15) is 0 Å². The summed E-state index contributed by atoms with van der Waals surface area (Å²) in [7, 11) is 0. The number of rotatable bonds is 4. The van der Waals surface area contributed by atoms with Gasteiger partial charge in [0.25, 0.3) is 0 Å². The molecule has 2 aliphatic carbocycles. The van der Waals surface area contributed by atoms with Gasteiger partial charge in [-0.15, -0.1) is 0 Å². The zero-order chi connectivity index (χ0) is 14.3. The molecule has 2 fully saturated rings. The van der Waals surface area contributed by atoms with E-state index in [0.717, 1.165) is 11.8 Å². The molecule has 1 aromatic heterocycles. The number of aryl methyl sites for hydroxylation is 1. The van der Waals surface area contributed by atoms with Crippen LogP contribution in [0.3, 0.4) is 0 Å². The molecule has 5 nitrogen and oxygen atoms in total. The first-order valence-electron chi connectivity index (χ1n) is 7.38. The van der Waals surface area contributed by atoms with Crippen molar-refractivity contribution in [1.29, 1.82) is 0 Å². The zero-order valence-corrected chi connectivity index (χ0v) is 12.0. The highest BCUT2D eigenvalue weighted by atomic mass is 16.4. The summed E-state index contributed by atoms with van der Waals surface area (Å²) in [4.78, 5) is 19.3. The van der Waals surface area contributed by atoms with Crippen LogP contribution in [0, 0.1) is 24.7 Å². The standard InChI is InChI=1S/C15H21N3O2/c1-8(12-6-10-3-4-11(12)5-10)17-15-16-7-13(14(19)20)9(2)18-15/h7-8,10-12H,3-6H2,1-2H3,(H,19,20)(H,16,17,18). The predicted molar refractivity (Wildman–Crippen MR) is 75.8 cm³/mol. The van der Waals surface area contributed by atoms with Crippen LogP contribution in [0.15, 0.2) is 6.20 Å². The van der Waals surface area contributed by atoms with Crippen LogP contribution in [0.1, 0.15) is 48.7 Å². The van der Waals surface area contributed by atoms with E-state index in [1.807, 2.05) is 0 Å². The van der Waals surface area contributed by atoms with Crippen molar-refractivity contribution < 1.29 is 9.90 Å². The monoisotopic (exact) mass is 275 g/mol. The molecule has 5 heteroatoms. The van der Waals surface area contributed by atoms with Crippen molar-refractivity contribution in [2.45, 2.75) is 45.6 Å². The number of hydrogen-bond acceptors (Lipinski definition) is 4. The van der Waals surface area contributed by atoms with Crippen LogP contribution >= 0.6 is 0 Å². The molecule has 0 spiro atoms. The fraction of sp³-hybridized carbons (Fsp3) is 0.667. The fourth-order valence-corrected chi connectivity index (χ4v) is 3.96. The van der Waals surface area contributed by atoms with Crippen molar-refractivity contribution in [3.63, 3.8) is 0 Å². The molecule has 0 aliphatic heterocycles. The van der Waals surface area contributed by atoms with Crippen molar-refractivity contribution in [1.82, 2.24) is 9.97 Å². The summed E-state index contributed by atoms with van der Waals surface area (Å²) >= 11 is 0. The third-order valence-corrected chi connectivity index (χ3v) is 5.00. The van der Waals surface area contributed by atoms with E-state index in [1.165, 1.54) is 31.9 Å². The molecule has 1 heterocycles. The minimum Gasteiger partial charge on any atom is -0.478 e. The maximum atomic E-state index is 11.0. The van der Waals surface area contributed by atoms with Gasteiger partial charge in [0.05, 0.1) is 11.3 Å². The first kappa shape index (κ1) is 13.3. The molecule has 4 atom stereocenters. The third kappa shape index (κ3) is 2.37. The Morgan fingerprint density at radius 3 is 2.80 bits per heavy atom. The quantitative estimate of drug-likeness (QED) is 0.883. The number of fused-ring (bicyclic) bond motifs is 2. The van der Waals surface area contributed by atoms with E-state index in [0.29, 0.717) is 23.6 Å². The molecule has 108 valence electrons.